The summed E-state index contributed by atoms with van der Waals surface area (Å²) in [5, 5.41) is 8.31. The van der Waals surface area contributed by atoms with Gasteiger partial charge in [0.15, 0.2) is 0 Å². The van der Waals surface area contributed by atoms with Crippen LogP contribution < -0.4 is 10.9 Å². The second kappa shape index (κ2) is 6.05. The van der Waals surface area contributed by atoms with Gasteiger partial charge in [0.2, 0.25) is 5.91 Å². The number of nitrogens with one attached hydrogen (secondary N) is 2. The molecule has 28 heavy (non-hydrogen) atoms. The molecule has 0 unspecified atom stereocenters. The van der Waals surface area contributed by atoms with Crippen molar-refractivity contribution in [3.05, 3.63) is 47.2 Å². The van der Waals surface area contributed by atoms with E-state index in [0.29, 0.717) is 12.1 Å². The number of carbonyl (C=O) groups excluding carboxylic acids is 2. The van der Waals surface area contributed by atoms with E-state index >= 15 is 0 Å². The molecule has 2 bridgehead atoms. The summed E-state index contributed by atoms with van der Waals surface area (Å²) in [6.07, 6.45) is 1.30. The van der Waals surface area contributed by atoms with Crippen molar-refractivity contribution in [3.8, 4) is 11.3 Å². The van der Waals surface area contributed by atoms with Crippen LogP contribution in [0.3, 0.4) is 0 Å². The number of hydrazine groups is 1. The Bertz CT molecular complexity index is 987. The van der Waals surface area contributed by atoms with E-state index in [1.807, 2.05) is 13.8 Å². The first kappa shape index (κ1) is 18.5. The van der Waals surface area contributed by atoms with Gasteiger partial charge in [-0.3, -0.25) is 20.4 Å². The summed E-state index contributed by atoms with van der Waals surface area (Å²) in [4.78, 5) is 24.3. The van der Waals surface area contributed by atoms with Gasteiger partial charge < -0.3 is 0 Å². The molecule has 146 valence electrons. The fraction of sp³-hybridized carbons (Fsp3) is 0.400. The van der Waals surface area contributed by atoms with Crippen molar-refractivity contribution in [2.75, 3.05) is 0 Å². The van der Waals surface area contributed by atoms with Crippen LogP contribution in [0.25, 0.3) is 11.3 Å². The molecule has 2 aromatic rings. The Hall–Kier alpha value is -2.90. The van der Waals surface area contributed by atoms with Crippen LogP contribution >= 0.6 is 0 Å². The Labute approximate surface area is 160 Å². The molecule has 1 aromatic carbocycles. The molecular formula is C20H20F2N4O2. The fourth-order valence-corrected chi connectivity index (χ4v) is 4.94. The molecule has 2 atom stereocenters. The van der Waals surface area contributed by atoms with Gasteiger partial charge in [0, 0.05) is 6.92 Å². The average molecular weight is 386 g/mol. The van der Waals surface area contributed by atoms with Gasteiger partial charge in [-0.2, -0.15) is 5.10 Å². The van der Waals surface area contributed by atoms with E-state index in [4.69, 9.17) is 0 Å². The van der Waals surface area contributed by atoms with Crippen LogP contribution in [0.1, 0.15) is 50.8 Å². The van der Waals surface area contributed by atoms with E-state index < -0.39 is 22.5 Å². The summed E-state index contributed by atoms with van der Waals surface area (Å²) < 4.78 is 28.4. The zero-order valence-electron chi connectivity index (χ0n) is 15.8. The van der Waals surface area contributed by atoms with Gasteiger partial charge in [-0.15, -0.1) is 5.10 Å². The molecule has 0 spiro atoms. The maximum atomic E-state index is 14.2. The van der Waals surface area contributed by atoms with Crippen LogP contribution in [-0.2, 0) is 15.0 Å². The summed E-state index contributed by atoms with van der Waals surface area (Å²) in [7, 11) is 0. The Morgan fingerprint density at radius 1 is 1.14 bits per heavy atom. The van der Waals surface area contributed by atoms with Crippen LogP contribution in [0.5, 0.6) is 0 Å². The predicted molar refractivity (Wildman–Crippen MR) is 96.8 cm³/mol. The number of hydrogen-bond donors (Lipinski definition) is 2. The van der Waals surface area contributed by atoms with Gasteiger partial charge in [0.1, 0.15) is 17.0 Å². The molecule has 2 aliphatic carbocycles. The van der Waals surface area contributed by atoms with Crippen molar-refractivity contribution in [1.82, 2.24) is 21.0 Å². The summed E-state index contributed by atoms with van der Waals surface area (Å²) >= 11 is 0. The molecular weight excluding hydrogens is 366 g/mol. The smallest absolute Gasteiger partial charge is 0.251 e. The molecule has 2 N–H and O–H groups in total. The van der Waals surface area contributed by atoms with E-state index in [2.05, 4.69) is 21.0 Å². The molecule has 2 aliphatic rings. The number of halogens is 2. The van der Waals surface area contributed by atoms with Gasteiger partial charge in [0.05, 0.1) is 17.0 Å². The maximum absolute atomic E-state index is 14.2. The lowest BCUT2D eigenvalue weighted by molar-refractivity contribution is -0.134. The van der Waals surface area contributed by atoms with Crippen molar-refractivity contribution < 1.29 is 18.4 Å². The zero-order chi connectivity index (χ0) is 20.3. The van der Waals surface area contributed by atoms with Crippen molar-refractivity contribution in [2.24, 2.45) is 5.41 Å². The lowest BCUT2D eigenvalue weighted by atomic mass is 9.68. The predicted octanol–water partition coefficient (Wildman–Crippen LogP) is 2.74. The van der Waals surface area contributed by atoms with Crippen molar-refractivity contribution >= 4 is 11.8 Å². The van der Waals surface area contributed by atoms with Gasteiger partial charge in [-0.1, -0.05) is 19.9 Å². The van der Waals surface area contributed by atoms with Crippen molar-refractivity contribution in [3.63, 3.8) is 0 Å². The van der Waals surface area contributed by atoms with E-state index in [1.165, 1.54) is 25.1 Å². The lowest BCUT2D eigenvalue weighted by Crippen LogP contribution is -2.54. The topological polar surface area (TPSA) is 84.0 Å². The zero-order valence-corrected chi connectivity index (χ0v) is 15.8. The third kappa shape index (κ3) is 2.30. The average Bonchev–Trinajstić information content (AvgIpc) is 3.01. The first-order valence-electron chi connectivity index (χ1n) is 9.09. The summed E-state index contributed by atoms with van der Waals surface area (Å²) in [5.74, 6) is -2.17. The second-order valence-electron chi connectivity index (χ2n) is 7.98. The van der Waals surface area contributed by atoms with E-state index in [-0.39, 0.29) is 29.0 Å². The minimum atomic E-state index is -0.964. The highest BCUT2D eigenvalue weighted by Crippen LogP contribution is 2.67. The normalized spacial score (nSPS) is 24.0. The Kier molecular flexibility index (Phi) is 3.99. The maximum Gasteiger partial charge on any atom is 0.251 e. The molecule has 1 fully saturated rings. The van der Waals surface area contributed by atoms with Gasteiger partial charge in [0.25, 0.3) is 5.91 Å². The number of benzene rings is 1. The molecule has 8 heteroatoms. The molecule has 1 heterocycles. The largest absolute Gasteiger partial charge is 0.274 e. The summed E-state index contributed by atoms with van der Waals surface area (Å²) in [6.45, 7) is 5.25. The minimum absolute atomic E-state index is 0.00494. The van der Waals surface area contributed by atoms with Crippen LogP contribution in [0.2, 0.25) is 0 Å². The Morgan fingerprint density at radius 2 is 1.82 bits per heavy atom. The summed E-state index contributed by atoms with van der Waals surface area (Å²) in [6, 6.07) is 5.28. The highest BCUT2D eigenvalue weighted by Gasteiger charge is 2.67. The van der Waals surface area contributed by atoms with Crippen LogP contribution in [0.15, 0.2) is 24.3 Å². The van der Waals surface area contributed by atoms with E-state index in [9.17, 15) is 18.4 Å². The van der Waals surface area contributed by atoms with Gasteiger partial charge >= 0.3 is 0 Å². The fourth-order valence-electron chi connectivity index (χ4n) is 4.94. The molecule has 6 nitrogen and oxygen atoms in total. The Balaban J connectivity index is 1.83. The molecule has 4 rings (SSSR count). The quantitative estimate of drug-likeness (QED) is 0.778. The number of aromatic nitrogens is 2. The first-order chi connectivity index (χ1) is 13.2. The molecule has 1 aromatic heterocycles. The molecule has 0 saturated heterocycles. The third-order valence-electron chi connectivity index (χ3n) is 6.34. The van der Waals surface area contributed by atoms with Gasteiger partial charge in [-0.05, 0) is 47.9 Å². The molecule has 0 aliphatic heterocycles. The Morgan fingerprint density at radius 3 is 2.46 bits per heavy atom. The van der Waals surface area contributed by atoms with Gasteiger partial charge in [-0.25, -0.2) is 8.78 Å². The first-order valence-corrected chi connectivity index (χ1v) is 9.09. The lowest BCUT2D eigenvalue weighted by Gasteiger charge is -2.36. The summed E-state index contributed by atoms with van der Waals surface area (Å²) in [5.41, 5.74) is 4.53. The number of rotatable bonds is 2. The minimum Gasteiger partial charge on any atom is -0.274 e. The van der Waals surface area contributed by atoms with Crippen LogP contribution in [0.4, 0.5) is 8.78 Å². The molecule has 0 radical (unpaired) electrons. The molecule has 2 amide bonds. The van der Waals surface area contributed by atoms with Crippen LogP contribution in [-0.4, -0.2) is 22.0 Å². The number of carbonyl (C=O) groups is 2. The number of hydrogen-bond acceptors (Lipinski definition) is 4. The highest BCUT2D eigenvalue weighted by atomic mass is 19.1. The van der Waals surface area contributed by atoms with Crippen molar-refractivity contribution in [1.29, 1.82) is 0 Å². The highest BCUT2D eigenvalue weighted by molar-refractivity contribution is 5.92. The third-order valence-corrected chi connectivity index (χ3v) is 6.34. The van der Waals surface area contributed by atoms with E-state index in [1.54, 1.807) is 6.07 Å². The number of fused-ring (bicyclic) bond motifs is 5. The molecule has 1 saturated carbocycles. The SMILES string of the molecule is CC(=O)NNC(=O)[C@@]12CC[C@@H](c3cc(-c4c(F)cccc4F)nnc31)C2(C)C. The van der Waals surface area contributed by atoms with E-state index in [0.717, 1.165) is 12.0 Å². The van der Waals surface area contributed by atoms with Crippen LogP contribution in [0, 0.1) is 17.0 Å². The number of nitrogens with zero attached hydrogens (tertiary/aromatic N) is 2. The number of amides is 2. The second-order valence-corrected chi connectivity index (χ2v) is 7.98. The standard InChI is InChI=1S/C20H20F2N4O2/c1-10(27)23-26-18(28)20-8-7-12(19(20,2)3)11-9-15(24-25-17(11)20)16-13(21)5-4-6-14(16)22/h4-6,9,12H,7-8H2,1-3H3,(H,23,27)(H,26,28)/t12-,20+/m0/s1. The monoisotopic (exact) mass is 386 g/mol. The van der Waals surface area contributed by atoms with Crippen molar-refractivity contribution in [2.45, 2.75) is 44.9 Å².